The molecule has 0 spiro atoms. The van der Waals surface area contributed by atoms with Crippen LogP contribution in [0.2, 0.25) is 0 Å². The Labute approximate surface area is 101 Å². The topological polar surface area (TPSA) is 26.3 Å². The molecule has 96 valence electrons. The van der Waals surface area contributed by atoms with E-state index in [1.54, 1.807) is 0 Å². The SMILES string of the molecule is CC[C@H](C)CCCCCCCCC(=O)OC. The van der Waals surface area contributed by atoms with Gasteiger partial charge in [0.1, 0.15) is 0 Å². The molecule has 0 saturated heterocycles. The van der Waals surface area contributed by atoms with Gasteiger partial charge >= 0.3 is 5.97 Å². The van der Waals surface area contributed by atoms with E-state index in [2.05, 4.69) is 18.6 Å². The predicted octanol–water partition coefficient (Wildman–Crippen LogP) is 4.33. The first-order valence-corrected chi connectivity index (χ1v) is 6.77. The molecule has 0 aromatic heterocycles. The molecule has 1 atom stereocenters. The summed E-state index contributed by atoms with van der Waals surface area (Å²) in [6.07, 6.45) is 10.7. The predicted molar refractivity (Wildman–Crippen MR) is 68.4 cm³/mol. The van der Waals surface area contributed by atoms with E-state index >= 15 is 0 Å². The molecule has 16 heavy (non-hydrogen) atoms. The minimum absolute atomic E-state index is 0.0724. The molecular formula is C14H28O2. The normalized spacial score (nSPS) is 12.4. The van der Waals surface area contributed by atoms with Gasteiger partial charge in [0.05, 0.1) is 7.11 Å². The number of hydrogen-bond acceptors (Lipinski definition) is 2. The second-order valence-electron chi connectivity index (χ2n) is 4.75. The number of unbranched alkanes of at least 4 members (excludes halogenated alkanes) is 5. The highest BCUT2D eigenvalue weighted by molar-refractivity contribution is 5.68. The molecule has 0 radical (unpaired) electrons. The standard InChI is InChI=1S/C14H28O2/c1-4-13(2)11-9-7-5-6-8-10-12-14(15)16-3/h13H,4-12H2,1-3H3/t13-/m0/s1. The average Bonchev–Trinajstić information content (AvgIpc) is 2.31. The molecule has 0 aromatic rings. The lowest BCUT2D eigenvalue weighted by molar-refractivity contribution is -0.140. The van der Waals surface area contributed by atoms with Crippen LogP contribution in [0.3, 0.4) is 0 Å². The molecular weight excluding hydrogens is 200 g/mol. The number of methoxy groups -OCH3 is 1. The molecule has 0 fully saturated rings. The van der Waals surface area contributed by atoms with Crippen molar-refractivity contribution in [2.24, 2.45) is 5.92 Å². The van der Waals surface area contributed by atoms with E-state index in [9.17, 15) is 4.79 Å². The van der Waals surface area contributed by atoms with Crippen molar-refractivity contribution in [3.05, 3.63) is 0 Å². The van der Waals surface area contributed by atoms with Crippen molar-refractivity contribution < 1.29 is 9.53 Å². The number of rotatable bonds is 10. The average molecular weight is 228 g/mol. The lowest BCUT2D eigenvalue weighted by Crippen LogP contribution is -1.99. The van der Waals surface area contributed by atoms with Crippen LogP contribution in [-0.4, -0.2) is 13.1 Å². The Balaban J connectivity index is 3.07. The van der Waals surface area contributed by atoms with Gasteiger partial charge in [0.25, 0.3) is 0 Å². The molecule has 0 heterocycles. The van der Waals surface area contributed by atoms with Gasteiger partial charge in [0, 0.05) is 6.42 Å². The summed E-state index contributed by atoms with van der Waals surface area (Å²) in [6.45, 7) is 4.59. The monoisotopic (exact) mass is 228 g/mol. The van der Waals surface area contributed by atoms with Crippen LogP contribution in [0, 0.1) is 5.92 Å². The summed E-state index contributed by atoms with van der Waals surface area (Å²) in [6, 6.07) is 0. The van der Waals surface area contributed by atoms with Gasteiger partial charge in [-0.1, -0.05) is 58.8 Å². The Kier molecular flexibility index (Phi) is 10.6. The molecule has 0 N–H and O–H groups in total. The summed E-state index contributed by atoms with van der Waals surface area (Å²) in [5, 5.41) is 0. The maximum atomic E-state index is 10.8. The molecule has 0 aromatic carbocycles. The first kappa shape index (κ1) is 15.5. The van der Waals surface area contributed by atoms with Crippen LogP contribution in [0.15, 0.2) is 0 Å². The quantitative estimate of drug-likeness (QED) is 0.411. The fraction of sp³-hybridized carbons (Fsp3) is 0.929. The Morgan fingerprint density at radius 1 is 1.06 bits per heavy atom. The van der Waals surface area contributed by atoms with Gasteiger partial charge in [-0.3, -0.25) is 4.79 Å². The van der Waals surface area contributed by atoms with E-state index in [0.717, 1.165) is 12.3 Å². The van der Waals surface area contributed by atoms with E-state index in [1.165, 1.54) is 52.1 Å². The largest absolute Gasteiger partial charge is 0.469 e. The van der Waals surface area contributed by atoms with Crippen molar-refractivity contribution in [2.75, 3.05) is 7.11 Å². The summed E-state index contributed by atoms with van der Waals surface area (Å²) in [7, 11) is 1.46. The Morgan fingerprint density at radius 3 is 2.19 bits per heavy atom. The summed E-state index contributed by atoms with van der Waals surface area (Å²) in [5.41, 5.74) is 0. The molecule has 0 amide bonds. The Bertz CT molecular complexity index is 166. The third kappa shape index (κ3) is 10.0. The van der Waals surface area contributed by atoms with Crippen LogP contribution in [0.25, 0.3) is 0 Å². The third-order valence-corrected chi connectivity index (χ3v) is 3.25. The van der Waals surface area contributed by atoms with Crippen LogP contribution in [0.5, 0.6) is 0 Å². The number of carbonyl (C=O) groups excluding carboxylic acids is 1. The molecule has 0 rings (SSSR count). The van der Waals surface area contributed by atoms with Crippen LogP contribution >= 0.6 is 0 Å². The second-order valence-corrected chi connectivity index (χ2v) is 4.75. The number of esters is 1. The van der Waals surface area contributed by atoms with Gasteiger partial charge in [-0.25, -0.2) is 0 Å². The van der Waals surface area contributed by atoms with Crippen molar-refractivity contribution >= 4 is 5.97 Å². The molecule has 0 aliphatic rings. The second kappa shape index (κ2) is 11.0. The van der Waals surface area contributed by atoms with Crippen molar-refractivity contribution in [2.45, 2.75) is 71.6 Å². The first-order valence-electron chi connectivity index (χ1n) is 6.77. The minimum atomic E-state index is -0.0724. The summed E-state index contributed by atoms with van der Waals surface area (Å²) >= 11 is 0. The fourth-order valence-electron chi connectivity index (χ4n) is 1.78. The lowest BCUT2D eigenvalue weighted by atomic mass is 10.00. The number of carbonyl (C=O) groups is 1. The van der Waals surface area contributed by atoms with Gasteiger partial charge < -0.3 is 4.74 Å². The smallest absolute Gasteiger partial charge is 0.305 e. The van der Waals surface area contributed by atoms with E-state index in [0.29, 0.717) is 6.42 Å². The summed E-state index contributed by atoms with van der Waals surface area (Å²) in [4.78, 5) is 10.8. The van der Waals surface area contributed by atoms with Crippen molar-refractivity contribution in [1.82, 2.24) is 0 Å². The number of ether oxygens (including phenoxy) is 1. The minimum Gasteiger partial charge on any atom is -0.469 e. The highest BCUT2D eigenvalue weighted by Crippen LogP contribution is 2.14. The van der Waals surface area contributed by atoms with E-state index < -0.39 is 0 Å². The van der Waals surface area contributed by atoms with Gasteiger partial charge in [0.15, 0.2) is 0 Å². The zero-order valence-corrected chi connectivity index (χ0v) is 11.3. The molecule has 0 aliphatic carbocycles. The van der Waals surface area contributed by atoms with Gasteiger partial charge in [-0.05, 0) is 12.3 Å². The lowest BCUT2D eigenvalue weighted by Gasteiger charge is -2.07. The first-order chi connectivity index (χ1) is 7.70. The zero-order valence-electron chi connectivity index (χ0n) is 11.3. The van der Waals surface area contributed by atoms with Gasteiger partial charge in [0.2, 0.25) is 0 Å². The Morgan fingerprint density at radius 2 is 1.62 bits per heavy atom. The van der Waals surface area contributed by atoms with Gasteiger partial charge in [-0.15, -0.1) is 0 Å². The maximum Gasteiger partial charge on any atom is 0.305 e. The molecule has 0 saturated carbocycles. The van der Waals surface area contributed by atoms with Crippen molar-refractivity contribution in [1.29, 1.82) is 0 Å². The van der Waals surface area contributed by atoms with Gasteiger partial charge in [-0.2, -0.15) is 0 Å². The van der Waals surface area contributed by atoms with Crippen LogP contribution in [0.4, 0.5) is 0 Å². The highest BCUT2D eigenvalue weighted by atomic mass is 16.5. The fourth-order valence-corrected chi connectivity index (χ4v) is 1.78. The van der Waals surface area contributed by atoms with Crippen LogP contribution in [0.1, 0.15) is 71.6 Å². The molecule has 0 aliphatic heterocycles. The highest BCUT2D eigenvalue weighted by Gasteiger charge is 2.00. The van der Waals surface area contributed by atoms with Crippen LogP contribution in [-0.2, 0) is 9.53 Å². The number of hydrogen-bond donors (Lipinski definition) is 0. The van der Waals surface area contributed by atoms with E-state index in [4.69, 9.17) is 0 Å². The summed E-state index contributed by atoms with van der Waals surface area (Å²) < 4.78 is 4.60. The third-order valence-electron chi connectivity index (χ3n) is 3.25. The zero-order chi connectivity index (χ0) is 12.2. The molecule has 2 heteroatoms. The van der Waals surface area contributed by atoms with Crippen molar-refractivity contribution in [3.8, 4) is 0 Å². The molecule has 0 unspecified atom stereocenters. The summed E-state index contributed by atoms with van der Waals surface area (Å²) in [5.74, 6) is 0.816. The van der Waals surface area contributed by atoms with Crippen LogP contribution < -0.4 is 0 Å². The van der Waals surface area contributed by atoms with E-state index in [-0.39, 0.29) is 5.97 Å². The molecule has 2 nitrogen and oxygen atoms in total. The Hall–Kier alpha value is -0.530. The van der Waals surface area contributed by atoms with E-state index in [1.807, 2.05) is 0 Å². The maximum absolute atomic E-state index is 10.8. The van der Waals surface area contributed by atoms with Crippen molar-refractivity contribution in [3.63, 3.8) is 0 Å². The molecule has 0 bridgehead atoms.